The van der Waals surface area contributed by atoms with Gasteiger partial charge in [-0.15, -0.1) is 0 Å². The lowest BCUT2D eigenvalue weighted by Crippen LogP contribution is -2.50. The van der Waals surface area contributed by atoms with Gasteiger partial charge < -0.3 is 14.8 Å². The van der Waals surface area contributed by atoms with Crippen LogP contribution < -0.4 is 5.32 Å². The molecule has 0 unspecified atom stereocenters. The van der Waals surface area contributed by atoms with E-state index in [1.54, 1.807) is 18.4 Å². The monoisotopic (exact) mass is 293 g/mol. The predicted octanol–water partition coefficient (Wildman–Crippen LogP) is 0.209. The molecule has 6 nitrogen and oxygen atoms in total. The van der Waals surface area contributed by atoms with Gasteiger partial charge in [0.2, 0.25) is 5.91 Å². The largest absolute Gasteiger partial charge is 0.467 e. The standard InChI is InChI=1S/C15H23N3O3/c19-13(14-2-1-9-21-14)10-17-5-7-18(8-6-17)11-15(20)16-12-3-4-12/h1-2,9,12-13,19H,3-8,10-11H2,(H,16,20)/t13-/m0/s1. The van der Waals surface area contributed by atoms with E-state index in [1.807, 2.05) is 0 Å². The van der Waals surface area contributed by atoms with E-state index in [-0.39, 0.29) is 5.91 Å². The second-order valence-electron chi connectivity index (χ2n) is 5.95. The molecule has 1 saturated heterocycles. The molecule has 2 aliphatic rings. The molecule has 2 fully saturated rings. The second kappa shape index (κ2) is 6.60. The van der Waals surface area contributed by atoms with Gasteiger partial charge in [0.1, 0.15) is 11.9 Å². The van der Waals surface area contributed by atoms with Crippen molar-refractivity contribution in [3.8, 4) is 0 Å². The van der Waals surface area contributed by atoms with Crippen LogP contribution in [0.4, 0.5) is 0 Å². The van der Waals surface area contributed by atoms with Gasteiger partial charge in [-0.1, -0.05) is 0 Å². The fourth-order valence-electron chi connectivity index (χ4n) is 2.65. The first-order valence-corrected chi connectivity index (χ1v) is 7.66. The maximum atomic E-state index is 11.8. The SMILES string of the molecule is O=C(CN1CCN(C[C@H](O)c2ccco2)CC1)NC1CC1. The Morgan fingerprint density at radius 1 is 1.33 bits per heavy atom. The highest BCUT2D eigenvalue weighted by Gasteiger charge is 2.26. The van der Waals surface area contributed by atoms with Gasteiger partial charge in [-0.05, 0) is 25.0 Å². The molecule has 21 heavy (non-hydrogen) atoms. The summed E-state index contributed by atoms with van der Waals surface area (Å²) in [6, 6.07) is 4.01. The summed E-state index contributed by atoms with van der Waals surface area (Å²) in [4.78, 5) is 16.1. The Morgan fingerprint density at radius 2 is 2.05 bits per heavy atom. The van der Waals surface area contributed by atoms with Crippen molar-refractivity contribution in [1.29, 1.82) is 0 Å². The smallest absolute Gasteiger partial charge is 0.234 e. The first-order chi connectivity index (χ1) is 10.2. The Hall–Kier alpha value is -1.37. The summed E-state index contributed by atoms with van der Waals surface area (Å²) in [6.45, 7) is 4.54. The van der Waals surface area contributed by atoms with Gasteiger partial charge in [-0.3, -0.25) is 14.6 Å². The molecule has 1 amide bonds. The molecule has 2 heterocycles. The van der Waals surface area contributed by atoms with E-state index in [9.17, 15) is 9.90 Å². The van der Waals surface area contributed by atoms with Crippen molar-refractivity contribution < 1.29 is 14.3 Å². The zero-order chi connectivity index (χ0) is 14.7. The Labute approximate surface area is 124 Å². The normalized spacial score (nSPS) is 22.1. The lowest BCUT2D eigenvalue weighted by Gasteiger charge is -2.34. The van der Waals surface area contributed by atoms with Gasteiger partial charge in [-0.25, -0.2) is 0 Å². The summed E-state index contributed by atoms with van der Waals surface area (Å²) in [7, 11) is 0. The average Bonchev–Trinajstić information content (AvgIpc) is 3.10. The highest BCUT2D eigenvalue weighted by Crippen LogP contribution is 2.18. The summed E-state index contributed by atoms with van der Waals surface area (Å²) in [6.07, 6.45) is 3.26. The average molecular weight is 293 g/mol. The van der Waals surface area contributed by atoms with Crippen LogP contribution in [0, 0.1) is 0 Å². The summed E-state index contributed by atoms with van der Waals surface area (Å²) in [5.74, 6) is 0.753. The third-order valence-electron chi connectivity index (χ3n) is 4.08. The first kappa shape index (κ1) is 14.6. The number of furan rings is 1. The van der Waals surface area contributed by atoms with Gasteiger partial charge in [-0.2, -0.15) is 0 Å². The molecule has 2 N–H and O–H groups in total. The highest BCUT2D eigenvalue weighted by atomic mass is 16.4. The van der Waals surface area contributed by atoms with Crippen molar-refractivity contribution in [2.75, 3.05) is 39.3 Å². The summed E-state index contributed by atoms with van der Waals surface area (Å²) < 4.78 is 5.21. The molecule has 1 aliphatic heterocycles. The number of aliphatic hydroxyl groups is 1. The molecule has 1 atom stereocenters. The minimum Gasteiger partial charge on any atom is -0.467 e. The zero-order valence-corrected chi connectivity index (χ0v) is 12.2. The number of hydrogen-bond acceptors (Lipinski definition) is 5. The van der Waals surface area contributed by atoms with Gasteiger partial charge in [0.05, 0.1) is 12.8 Å². The van der Waals surface area contributed by atoms with E-state index in [1.165, 1.54) is 0 Å². The molecular weight excluding hydrogens is 270 g/mol. The van der Waals surface area contributed by atoms with Crippen molar-refractivity contribution in [3.63, 3.8) is 0 Å². The molecule has 0 spiro atoms. The molecule has 0 bridgehead atoms. The number of rotatable bonds is 6. The molecule has 1 aromatic rings. The van der Waals surface area contributed by atoms with Crippen LogP contribution >= 0.6 is 0 Å². The number of aliphatic hydroxyl groups excluding tert-OH is 1. The van der Waals surface area contributed by atoms with Gasteiger partial charge in [0, 0.05) is 38.8 Å². The van der Waals surface area contributed by atoms with Crippen molar-refractivity contribution in [2.24, 2.45) is 0 Å². The lowest BCUT2D eigenvalue weighted by atomic mass is 10.2. The number of nitrogens with one attached hydrogen (secondary N) is 1. The van der Waals surface area contributed by atoms with Crippen LogP contribution in [0.3, 0.4) is 0 Å². The van der Waals surface area contributed by atoms with Crippen LogP contribution in [-0.2, 0) is 4.79 Å². The van der Waals surface area contributed by atoms with Crippen LogP contribution in [0.15, 0.2) is 22.8 Å². The van der Waals surface area contributed by atoms with E-state index < -0.39 is 6.10 Å². The number of piperazine rings is 1. The first-order valence-electron chi connectivity index (χ1n) is 7.66. The van der Waals surface area contributed by atoms with Crippen molar-refractivity contribution in [2.45, 2.75) is 25.0 Å². The molecule has 0 radical (unpaired) electrons. The van der Waals surface area contributed by atoms with Crippen LogP contribution in [-0.4, -0.2) is 66.1 Å². The van der Waals surface area contributed by atoms with Crippen LogP contribution in [0.1, 0.15) is 24.7 Å². The predicted molar refractivity (Wildman–Crippen MR) is 77.7 cm³/mol. The second-order valence-corrected chi connectivity index (χ2v) is 5.95. The third-order valence-corrected chi connectivity index (χ3v) is 4.08. The number of nitrogens with zero attached hydrogens (tertiary/aromatic N) is 2. The molecular formula is C15H23N3O3. The number of amides is 1. The molecule has 0 aromatic carbocycles. The third kappa shape index (κ3) is 4.30. The fraction of sp³-hybridized carbons (Fsp3) is 0.667. The highest BCUT2D eigenvalue weighted by molar-refractivity contribution is 5.78. The van der Waals surface area contributed by atoms with E-state index >= 15 is 0 Å². The molecule has 116 valence electrons. The molecule has 1 aliphatic carbocycles. The molecule has 1 aromatic heterocycles. The maximum Gasteiger partial charge on any atom is 0.234 e. The van der Waals surface area contributed by atoms with E-state index in [0.29, 0.717) is 24.9 Å². The minimum absolute atomic E-state index is 0.140. The lowest BCUT2D eigenvalue weighted by molar-refractivity contribution is -0.122. The van der Waals surface area contributed by atoms with E-state index in [0.717, 1.165) is 39.0 Å². The van der Waals surface area contributed by atoms with Crippen LogP contribution in [0.25, 0.3) is 0 Å². The quantitative estimate of drug-likeness (QED) is 0.785. The van der Waals surface area contributed by atoms with E-state index in [4.69, 9.17) is 4.42 Å². The Morgan fingerprint density at radius 3 is 2.67 bits per heavy atom. The Bertz CT molecular complexity index is 451. The molecule has 6 heteroatoms. The Balaban J connectivity index is 1.37. The van der Waals surface area contributed by atoms with Crippen LogP contribution in [0.2, 0.25) is 0 Å². The molecule has 1 saturated carbocycles. The zero-order valence-electron chi connectivity index (χ0n) is 12.2. The number of carbonyl (C=O) groups is 1. The van der Waals surface area contributed by atoms with Crippen molar-refractivity contribution >= 4 is 5.91 Å². The number of carbonyl (C=O) groups excluding carboxylic acids is 1. The molecule has 3 rings (SSSR count). The topological polar surface area (TPSA) is 69.0 Å². The summed E-state index contributed by atoms with van der Waals surface area (Å²) >= 11 is 0. The maximum absolute atomic E-state index is 11.8. The van der Waals surface area contributed by atoms with Gasteiger partial charge in [0.25, 0.3) is 0 Å². The summed E-state index contributed by atoms with van der Waals surface area (Å²) in [5, 5.41) is 13.1. The van der Waals surface area contributed by atoms with Crippen LogP contribution in [0.5, 0.6) is 0 Å². The fourth-order valence-corrected chi connectivity index (χ4v) is 2.65. The van der Waals surface area contributed by atoms with Crippen molar-refractivity contribution in [3.05, 3.63) is 24.2 Å². The van der Waals surface area contributed by atoms with Crippen molar-refractivity contribution in [1.82, 2.24) is 15.1 Å². The summed E-state index contributed by atoms with van der Waals surface area (Å²) in [5.41, 5.74) is 0. The van der Waals surface area contributed by atoms with E-state index in [2.05, 4.69) is 15.1 Å². The number of β-amino-alcohol motifs (C(OH)–C–C–N with tert-alkyl or cyclic N) is 1. The Kier molecular flexibility index (Phi) is 4.57. The number of hydrogen-bond donors (Lipinski definition) is 2. The minimum atomic E-state index is -0.579. The van der Waals surface area contributed by atoms with Gasteiger partial charge >= 0.3 is 0 Å². The van der Waals surface area contributed by atoms with Gasteiger partial charge in [0.15, 0.2) is 0 Å².